The van der Waals surface area contributed by atoms with Crippen molar-refractivity contribution in [2.24, 2.45) is 5.41 Å². The number of nitrogens with zero attached hydrogens (tertiary/aromatic N) is 1. The van der Waals surface area contributed by atoms with Crippen molar-refractivity contribution in [2.45, 2.75) is 32.7 Å². The molecular formula is C24H31NO5. The number of benzene rings is 2. The number of hydrogen-bond donors (Lipinski definition) is 1. The molecule has 1 aliphatic rings. The molecule has 1 aliphatic heterocycles. The van der Waals surface area contributed by atoms with E-state index in [-0.39, 0.29) is 11.7 Å². The van der Waals surface area contributed by atoms with Gasteiger partial charge >= 0.3 is 5.97 Å². The van der Waals surface area contributed by atoms with Crippen molar-refractivity contribution in [3.8, 4) is 17.2 Å². The first-order valence-electron chi connectivity index (χ1n) is 10.5. The molecule has 1 atom stereocenters. The maximum Gasteiger partial charge on any atom is 0.313 e. The Kier molecular flexibility index (Phi) is 7.57. The fraction of sp³-hybridized carbons (Fsp3) is 0.458. The average molecular weight is 414 g/mol. The third kappa shape index (κ3) is 5.45. The van der Waals surface area contributed by atoms with Crippen molar-refractivity contribution in [1.29, 1.82) is 0 Å². The maximum atomic E-state index is 12.9. The van der Waals surface area contributed by atoms with Crippen molar-refractivity contribution in [1.82, 2.24) is 4.90 Å². The first-order chi connectivity index (χ1) is 14.6. The van der Waals surface area contributed by atoms with Crippen LogP contribution in [0, 0.1) is 5.41 Å². The molecule has 1 fully saturated rings. The Labute approximate surface area is 178 Å². The number of piperidine rings is 1. The van der Waals surface area contributed by atoms with E-state index in [1.54, 1.807) is 12.1 Å². The fourth-order valence-electron chi connectivity index (χ4n) is 4.09. The molecule has 0 bridgehead atoms. The average Bonchev–Trinajstić information content (AvgIpc) is 2.75. The van der Waals surface area contributed by atoms with Gasteiger partial charge in [0.15, 0.2) is 11.5 Å². The molecule has 1 saturated heterocycles. The molecule has 0 radical (unpaired) electrons. The van der Waals surface area contributed by atoms with Crippen LogP contribution < -0.4 is 9.47 Å². The number of methoxy groups -OCH3 is 1. The van der Waals surface area contributed by atoms with Gasteiger partial charge in [-0.2, -0.15) is 0 Å². The first-order valence-corrected chi connectivity index (χ1v) is 10.5. The van der Waals surface area contributed by atoms with E-state index >= 15 is 0 Å². The molecule has 6 nitrogen and oxygen atoms in total. The third-order valence-electron chi connectivity index (χ3n) is 5.61. The number of phenolic OH excluding ortho intramolecular Hbond substituents is 1. The van der Waals surface area contributed by atoms with Crippen LogP contribution in [0.5, 0.6) is 17.2 Å². The van der Waals surface area contributed by atoms with Gasteiger partial charge in [-0.1, -0.05) is 24.3 Å². The zero-order valence-corrected chi connectivity index (χ0v) is 17.8. The van der Waals surface area contributed by atoms with Gasteiger partial charge in [-0.3, -0.25) is 9.69 Å². The Bertz CT molecular complexity index is 826. The van der Waals surface area contributed by atoms with Crippen LogP contribution in [0.25, 0.3) is 0 Å². The summed E-state index contributed by atoms with van der Waals surface area (Å²) in [5.74, 6) is 1.23. The van der Waals surface area contributed by atoms with Crippen LogP contribution in [-0.2, 0) is 16.1 Å². The SMILES string of the molecule is CCOC(=O)C1(CCOc2ccccc2)CCCN(Cc2ccc(OC)c(O)c2)C1. The number of para-hydroxylation sites is 1. The quantitative estimate of drug-likeness (QED) is 0.627. The molecule has 0 saturated carbocycles. The number of phenols is 1. The molecule has 0 amide bonds. The molecule has 162 valence electrons. The summed E-state index contributed by atoms with van der Waals surface area (Å²) in [6, 6.07) is 15.1. The van der Waals surface area contributed by atoms with Crippen LogP contribution >= 0.6 is 0 Å². The van der Waals surface area contributed by atoms with Gasteiger partial charge in [0.25, 0.3) is 0 Å². The molecule has 0 aromatic heterocycles. The minimum Gasteiger partial charge on any atom is -0.504 e. The Morgan fingerprint density at radius 3 is 2.70 bits per heavy atom. The molecule has 3 rings (SSSR count). The van der Waals surface area contributed by atoms with Crippen LogP contribution in [-0.4, -0.2) is 49.4 Å². The largest absolute Gasteiger partial charge is 0.504 e. The molecular weight excluding hydrogens is 382 g/mol. The zero-order chi connectivity index (χ0) is 21.4. The van der Waals surface area contributed by atoms with E-state index in [2.05, 4.69) is 4.90 Å². The lowest BCUT2D eigenvalue weighted by Gasteiger charge is -2.41. The molecule has 0 aliphatic carbocycles. The van der Waals surface area contributed by atoms with Crippen molar-refractivity contribution in [2.75, 3.05) is 33.4 Å². The minimum absolute atomic E-state index is 0.125. The highest BCUT2D eigenvalue weighted by Gasteiger charge is 2.43. The molecule has 2 aromatic rings. The molecule has 0 spiro atoms. The molecule has 2 aromatic carbocycles. The number of esters is 1. The predicted molar refractivity (Wildman–Crippen MR) is 115 cm³/mol. The van der Waals surface area contributed by atoms with E-state index in [1.807, 2.05) is 43.3 Å². The maximum absolute atomic E-state index is 12.9. The summed E-state index contributed by atoms with van der Waals surface area (Å²) in [6.45, 7) is 4.82. The van der Waals surface area contributed by atoms with Gasteiger partial charge in [0.05, 0.1) is 25.7 Å². The van der Waals surface area contributed by atoms with Gasteiger partial charge in [0.2, 0.25) is 0 Å². The van der Waals surface area contributed by atoms with Crippen LogP contribution in [0.2, 0.25) is 0 Å². The second kappa shape index (κ2) is 10.3. The second-order valence-electron chi connectivity index (χ2n) is 7.73. The van der Waals surface area contributed by atoms with E-state index in [1.165, 1.54) is 7.11 Å². The predicted octanol–water partition coefficient (Wildman–Crippen LogP) is 4.02. The Morgan fingerprint density at radius 2 is 2.00 bits per heavy atom. The number of rotatable bonds is 9. The van der Waals surface area contributed by atoms with E-state index < -0.39 is 5.41 Å². The third-order valence-corrected chi connectivity index (χ3v) is 5.61. The molecule has 1 heterocycles. The number of carbonyl (C=O) groups is 1. The Balaban J connectivity index is 1.68. The number of aromatic hydroxyl groups is 1. The van der Waals surface area contributed by atoms with Gasteiger partial charge in [-0.25, -0.2) is 0 Å². The van der Waals surface area contributed by atoms with Crippen molar-refractivity contribution < 1.29 is 24.1 Å². The minimum atomic E-state index is -0.586. The van der Waals surface area contributed by atoms with Crippen molar-refractivity contribution in [3.05, 3.63) is 54.1 Å². The van der Waals surface area contributed by atoms with E-state index in [9.17, 15) is 9.90 Å². The number of hydrogen-bond acceptors (Lipinski definition) is 6. The summed E-state index contributed by atoms with van der Waals surface area (Å²) in [5, 5.41) is 10.1. The highest BCUT2D eigenvalue weighted by Crippen LogP contribution is 2.36. The van der Waals surface area contributed by atoms with Crippen LogP contribution in [0.4, 0.5) is 0 Å². The van der Waals surface area contributed by atoms with Crippen LogP contribution in [0.15, 0.2) is 48.5 Å². The smallest absolute Gasteiger partial charge is 0.313 e. The summed E-state index contributed by atoms with van der Waals surface area (Å²) < 4.78 is 16.5. The monoisotopic (exact) mass is 413 g/mol. The summed E-state index contributed by atoms with van der Waals surface area (Å²) in [5.41, 5.74) is 0.394. The first kappa shape index (κ1) is 22.0. The molecule has 1 unspecified atom stereocenters. The van der Waals surface area contributed by atoms with Crippen molar-refractivity contribution >= 4 is 5.97 Å². The van der Waals surface area contributed by atoms with E-state index in [0.717, 1.165) is 30.7 Å². The lowest BCUT2D eigenvalue weighted by molar-refractivity contribution is -0.160. The Morgan fingerprint density at radius 1 is 1.20 bits per heavy atom. The molecule has 6 heteroatoms. The van der Waals surface area contributed by atoms with Gasteiger partial charge in [-0.15, -0.1) is 0 Å². The summed E-state index contributed by atoms with van der Waals surface area (Å²) in [4.78, 5) is 15.2. The number of likely N-dealkylation sites (tertiary alicyclic amines) is 1. The summed E-state index contributed by atoms with van der Waals surface area (Å²) in [7, 11) is 1.53. The highest BCUT2D eigenvalue weighted by molar-refractivity contribution is 5.77. The lowest BCUT2D eigenvalue weighted by Crippen LogP contribution is -2.49. The lowest BCUT2D eigenvalue weighted by atomic mass is 9.77. The number of carbonyl (C=O) groups excluding carboxylic acids is 1. The standard InChI is InChI=1S/C24H31NO5/c1-3-29-23(27)24(13-15-30-20-8-5-4-6-9-20)12-7-14-25(18-24)17-19-10-11-22(28-2)21(26)16-19/h4-6,8-11,16,26H,3,7,12-15,17-18H2,1-2H3. The van der Waals surface area contributed by atoms with Crippen LogP contribution in [0.3, 0.4) is 0 Å². The van der Waals surface area contributed by atoms with E-state index in [0.29, 0.717) is 38.5 Å². The molecule has 30 heavy (non-hydrogen) atoms. The normalized spacial score (nSPS) is 19.3. The summed E-state index contributed by atoms with van der Waals surface area (Å²) >= 11 is 0. The van der Waals surface area contributed by atoms with Gasteiger partial charge < -0.3 is 19.3 Å². The molecule has 1 N–H and O–H groups in total. The number of ether oxygens (including phenoxy) is 3. The zero-order valence-electron chi connectivity index (χ0n) is 17.8. The topological polar surface area (TPSA) is 68.2 Å². The fourth-order valence-corrected chi connectivity index (χ4v) is 4.09. The van der Waals surface area contributed by atoms with Gasteiger partial charge in [0, 0.05) is 13.1 Å². The van der Waals surface area contributed by atoms with Gasteiger partial charge in [-0.05, 0) is 62.6 Å². The van der Waals surface area contributed by atoms with Gasteiger partial charge in [0.1, 0.15) is 5.75 Å². The van der Waals surface area contributed by atoms with E-state index in [4.69, 9.17) is 14.2 Å². The van der Waals surface area contributed by atoms with Crippen molar-refractivity contribution in [3.63, 3.8) is 0 Å². The summed E-state index contributed by atoms with van der Waals surface area (Å²) in [6.07, 6.45) is 2.30. The second-order valence-corrected chi connectivity index (χ2v) is 7.73. The van der Waals surface area contributed by atoms with Crippen LogP contribution in [0.1, 0.15) is 31.7 Å². The highest BCUT2D eigenvalue weighted by atomic mass is 16.5. The Hall–Kier alpha value is -2.73.